The zero-order valence-corrected chi connectivity index (χ0v) is 14.6. The van der Waals surface area contributed by atoms with Gasteiger partial charge in [0.1, 0.15) is 0 Å². The first-order valence-electron chi connectivity index (χ1n) is 8.13. The van der Waals surface area contributed by atoms with Gasteiger partial charge in [-0.3, -0.25) is 0 Å². The first-order chi connectivity index (χ1) is 9.87. The van der Waals surface area contributed by atoms with Crippen molar-refractivity contribution in [3.05, 3.63) is 28.8 Å². The molecular weight excluding hydrogens is 280 g/mol. The van der Waals surface area contributed by atoms with E-state index in [1.807, 2.05) is 0 Å². The molecule has 3 heteroatoms. The van der Waals surface area contributed by atoms with Crippen molar-refractivity contribution in [2.45, 2.75) is 71.0 Å². The second-order valence-corrected chi connectivity index (χ2v) is 7.69. The van der Waals surface area contributed by atoms with E-state index in [0.717, 1.165) is 11.6 Å². The quantitative estimate of drug-likeness (QED) is 0.842. The van der Waals surface area contributed by atoms with Crippen molar-refractivity contribution >= 4 is 17.3 Å². The second-order valence-electron chi connectivity index (χ2n) is 7.28. The van der Waals surface area contributed by atoms with Crippen molar-refractivity contribution in [3.8, 4) is 0 Å². The van der Waals surface area contributed by atoms with E-state index >= 15 is 0 Å². The van der Waals surface area contributed by atoms with Gasteiger partial charge in [-0.25, -0.2) is 0 Å². The highest BCUT2D eigenvalue weighted by Crippen LogP contribution is 2.29. The van der Waals surface area contributed by atoms with Crippen LogP contribution >= 0.6 is 11.6 Å². The SMILES string of the molecule is CN(c1ccc(CNC(C)(C)C)c(Cl)c1)C1CCCCC1. The molecule has 0 aliphatic heterocycles. The zero-order chi connectivity index (χ0) is 15.5. The molecule has 1 aliphatic rings. The minimum Gasteiger partial charge on any atom is -0.372 e. The van der Waals surface area contributed by atoms with E-state index in [2.05, 4.69) is 56.2 Å². The molecule has 2 rings (SSSR count). The van der Waals surface area contributed by atoms with Crippen LogP contribution in [0.3, 0.4) is 0 Å². The molecule has 118 valence electrons. The maximum Gasteiger partial charge on any atom is 0.0471 e. The largest absolute Gasteiger partial charge is 0.372 e. The number of rotatable bonds is 4. The number of hydrogen-bond acceptors (Lipinski definition) is 2. The van der Waals surface area contributed by atoms with Crippen molar-refractivity contribution in [3.63, 3.8) is 0 Å². The third-order valence-corrected chi connectivity index (χ3v) is 4.73. The van der Waals surface area contributed by atoms with E-state index in [0.29, 0.717) is 6.04 Å². The van der Waals surface area contributed by atoms with E-state index in [-0.39, 0.29) is 5.54 Å². The third-order valence-electron chi connectivity index (χ3n) is 4.38. The van der Waals surface area contributed by atoms with Crippen LogP contribution in [0.15, 0.2) is 18.2 Å². The summed E-state index contributed by atoms with van der Waals surface area (Å²) in [5.41, 5.74) is 2.53. The summed E-state index contributed by atoms with van der Waals surface area (Å²) in [6.07, 6.45) is 6.72. The molecule has 1 aliphatic carbocycles. The minimum atomic E-state index is 0.112. The summed E-state index contributed by atoms with van der Waals surface area (Å²) in [4.78, 5) is 2.41. The molecule has 0 unspecified atom stereocenters. The molecule has 0 bridgehead atoms. The average molecular weight is 309 g/mol. The van der Waals surface area contributed by atoms with Gasteiger partial charge in [0, 0.05) is 35.9 Å². The fraction of sp³-hybridized carbons (Fsp3) is 0.667. The molecule has 1 saturated carbocycles. The van der Waals surface area contributed by atoms with Crippen LogP contribution in [0.4, 0.5) is 5.69 Å². The van der Waals surface area contributed by atoms with Gasteiger partial charge in [-0.05, 0) is 51.3 Å². The lowest BCUT2D eigenvalue weighted by atomic mass is 9.94. The Hall–Kier alpha value is -0.730. The van der Waals surface area contributed by atoms with Gasteiger partial charge >= 0.3 is 0 Å². The van der Waals surface area contributed by atoms with Gasteiger partial charge in [0.15, 0.2) is 0 Å². The van der Waals surface area contributed by atoms with Crippen molar-refractivity contribution in [2.75, 3.05) is 11.9 Å². The third kappa shape index (κ3) is 4.89. The van der Waals surface area contributed by atoms with Crippen molar-refractivity contribution in [1.82, 2.24) is 5.32 Å². The molecule has 1 aromatic carbocycles. The van der Waals surface area contributed by atoms with Gasteiger partial charge in [-0.2, -0.15) is 0 Å². The molecule has 0 spiro atoms. The fourth-order valence-electron chi connectivity index (χ4n) is 2.94. The van der Waals surface area contributed by atoms with Gasteiger partial charge in [0.2, 0.25) is 0 Å². The standard InChI is InChI=1S/C18H29ClN2/c1-18(2,3)20-13-14-10-11-16(12-17(14)19)21(4)15-8-6-5-7-9-15/h10-12,15,20H,5-9,13H2,1-4H3. The van der Waals surface area contributed by atoms with Crippen LogP contribution in [0.5, 0.6) is 0 Å². The molecule has 21 heavy (non-hydrogen) atoms. The van der Waals surface area contributed by atoms with Gasteiger partial charge < -0.3 is 10.2 Å². The van der Waals surface area contributed by atoms with Crippen LogP contribution in [0, 0.1) is 0 Å². The van der Waals surface area contributed by atoms with Crippen LogP contribution in [0.1, 0.15) is 58.4 Å². The van der Waals surface area contributed by atoms with Crippen LogP contribution in [-0.4, -0.2) is 18.6 Å². The summed E-state index contributed by atoms with van der Waals surface area (Å²) in [5, 5.41) is 4.36. The van der Waals surface area contributed by atoms with Gasteiger partial charge in [0.25, 0.3) is 0 Å². The normalized spacial score (nSPS) is 17.0. The lowest BCUT2D eigenvalue weighted by molar-refractivity contribution is 0.424. The van der Waals surface area contributed by atoms with Crippen LogP contribution in [0.25, 0.3) is 0 Å². The summed E-state index contributed by atoms with van der Waals surface area (Å²) in [6, 6.07) is 7.17. The van der Waals surface area contributed by atoms with Crippen LogP contribution in [0.2, 0.25) is 5.02 Å². The first kappa shape index (κ1) is 16.6. The Morgan fingerprint density at radius 2 is 1.86 bits per heavy atom. The second kappa shape index (κ2) is 7.02. The molecular formula is C18H29ClN2. The Balaban J connectivity index is 2.03. The molecule has 0 radical (unpaired) electrons. The average Bonchev–Trinajstić information content (AvgIpc) is 2.45. The minimum absolute atomic E-state index is 0.112. The summed E-state index contributed by atoms with van der Waals surface area (Å²) in [7, 11) is 2.20. The molecule has 2 nitrogen and oxygen atoms in total. The molecule has 0 aromatic heterocycles. The summed E-state index contributed by atoms with van der Waals surface area (Å²) >= 11 is 6.47. The Morgan fingerprint density at radius 3 is 2.43 bits per heavy atom. The number of nitrogens with one attached hydrogen (secondary N) is 1. The zero-order valence-electron chi connectivity index (χ0n) is 13.9. The number of nitrogens with zero attached hydrogens (tertiary/aromatic N) is 1. The molecule has 1 fully saturated rings. The highest BCUT2D eigenvalue weighted by molar-refractivity contribution is 6.31. The summed E-state index contributed by atoms with van der Waals surface area (Å²) < 4.78 is 0. The predicted octanol–water partition coefficient (Wildman–Crippen LogP) is 5.00. The Bertz CT molecular complexity index is 459. The maximum absolute atomic E-state index is 6.47. The summed E-state index contributed by atoms with van der Waals surface area (Å²) in [6.45, 7) is 7.33. The van der Waals surface area contributed by atoms with Gasteiger partial charge in [0.05, 0.1) is 0 Å². The van der Waals surface area contributed by atoms with E-state index in [1.165, 1.54) is 43.4 Å². The lowest BCUT2D eigenvalue weighted by Gasteiger charge is -2.33. The number of anilines is 1. The molecule has 0 heterocycles. The highest BCUT2D eigenvalue weighted by Gasteiger charge is 2.19. The predicted molar refractivity (Wildman–Crippen MR) is 93.3 cm³/mol. The Labute approximate surface area is 134 Å². The summed E-state index contributed by atoms with van der Waals surface area (Å²) in [5.74, 6) is 0. The number of benzene rings is 1. The highest BCUT2D eigenvalue weighted by atomic mass is 35.5. The molecule has 1 N–H and O–H groups in total. The van der Waals surface area contributed by atoms with Gasteiger partial charge in [-0.15, -0.1) is 0 Å². The molecule has 0 saturated heterocycles. The van der Waals surface area contributed by atoms with Crippen molar-refractivity contribution in [2.24, 2.45) is 0 Å². The van der Waals surface area contributed by atoms with Crippen LogP contribution < -0.4 is 10.2 Å². The fourth-order valence-corrected chi connectivity index (χ4v) is 3.18. The molecule has 0 amide bonds. The molecule has 0 atom stereocenters. The van der Waals surface area contributed by atoms with Crippen molar-refractivity contribution in [1.29, 1.82) is 0 Å². The van der Waals surface area contributed by atoms with Gasteiger partial charge in [-0.1, -0.05) is 36.9 Å². The Kier molecular flexibility index (Phi) is 5.56. The van der Waals surface area contributed by atoms with E-state index in [4.69, 9.17) is 11.6 Å². The van der Waals surface area contributed by atoms with Crippen LogP contribution in [-0.2, 0) is 6.54 Å². The smallest absolute Gasteiger partial charge is 0.0471 e. The van der Waals surface area contributed by atoms with E-state index < -0.39 is 0 Å². The maximum atomic E-state index is 6.47. The van der Waals surface area contributed by atoms with E-state index in [9.17, 15) is 0 Å². The van der Waals surface area contributed by atoms with E-state index in [1.54, 1.807) is 0 Å². The monoisotopic (exact) mass is 308 g/mol. The Morgan fingerprint density at radius 1 is 1.19 bits per heavy atom. The first-order valence-corrected chi connectivity index (χ1v) is 8.51. The number of hydrogen-bond donors (Lipinski definition) is 1. The lowest BCUT2D eigenvalue weighted by Crippen LogP contribution is -2.35. The van der Waals surface area contributed by atoms with Crippen molar-refractivity contribution < 1.29 is 0 Å². The molecule has 1 aromatic rings. The number of halogens is 1. The topological polar surface area (TPSA) is 15.3 Å².